The lowest BCUT2D eigenvalue weighted by atomic mass is 9.51. The quantitative estimate of drug-likeness (QED) is 0.841. The van der Waals surface area contributed by atoms with E-state index in [4.69, 9.17) is 4.74 Å². The van der Waals surface area contributed by atoms with E-state index >= 15 is 0 Å². The molecule has 0 aromatic heterocycles. The molecule has 0 amide bonds. The van der Waals surface area contributed by atoms with Crippen molar-refractivity contribution in [2.24, 2.45) is 5.41 Å². The molecule has 1 saturated heterocycles. The van der Waals surface area contributed by atoms with Gasteiger partial charge in [0.2, 0.25) is 0 Å². The normalized spacial score (nSPS) is 32.5. The first-order chi connectivity index (χ1) is 9.90. The summed E-state index contributed by atoms with van der Waals surface area (Å²) in [5, 5.41) is 0. The van der Waals surface area contributed by atoms with Crippen LogP contribution >= 0.6 is 0 Å². The summed E-state index contributed by atoms with van der Waals surface area (Å²) >= 11 is 0. The Labute approximate surface area is 129 Å². The zero-order valence-electron chi connectivity index (χ0n) is 14.1. The Morgan fingerprint density at radius 1 is 1.29 bits per heavy atom. The van der Waals surface area contributed by atoms with Gasteiger partial charge in [-0.05, 0) is 42.9 Å². The molecule has 2 aliphatic rings. The fourth-order valence-corrected chi connectivity index (χ4v) is 4.60. The molecule has 116 valence electrons. The Hall–Kier alpha value is -0.860. The van der Waals surface area contributed by atoms with Gasteiger partial charge in [0.1, 0.15) is 0 Å². The zero-order valence-corrected chi connectivity index (χ0v) is 14.1. The van der Waals surface area contributed by atoms with E-state index in [1.165, 1.54) is 19.4 Å². The summed E-state index contributed by atoms with van der Waals surface area (Å²) in [6.45, 7) is 11.8. The van der Waals surface area contributed by atoms with Crippen LogP contribution in [0.25, 0.3) is 0 Å². The number of piperidine rings is 1. The van der Waals surface area contributed by atoms with Crippen molar-refractivity contribution in [2.45, 2.75) is 58.1 Å². The molecule has 1 fully saturated rings. The maximum Gasteiger partial charge on any atom is 0.0670 e. The first-order valence-electron chi connectivity index (χ1n) is 8.25. The third kappa shape index (κ3) is 2.15. The molecule has 2 bridgehead atoms. The molecule has 0 saturated carbocycles. The maximum absolute atomic E-state index is 5.51. The molecular formula is C19H29NO. The van der Waals surface area contributed by atoms with Crippen LogP contribution in [0.2, 0.25) is 0 Å². The lowest BCUT2D eigenvalue weighted by molar-refractivity contribution is -0.0568. The molecule has 0 N–H and O–H groups in total. The smallest absolute Gasteiger partial charge is 0.0670 e. The highest BCUT2D eigenvalue weighted by Crippen LogP contribution is 2.55. The molecule has 0 radical (unpaired) electrons. The van der Waals surface area contributed by atoms with Gasteiger partial charge in [0.05, 0.1) is 6.10 Å². The highest BCUT2D eigenvalue weighted by molar-refractivity contribution is 5.41. The summed E-state index contributed by atoms with van der Waals surface area (Å²) in [6, 6.07) is 9.71. The van der Waals surface area contributed by atoms with Gasteiger partial charge >= 0.3 is 0 Å². The fraction of sp³-hybridized carbons (Fsp3) is 0.684. The van der Waals surface area contributed by atoms with Crippen molar-refractivity contribution in [3.8, 4) is 0 Å². The third-order valence-corrected chi connectivity index (χ3v) is 6.51. The van der Waals surface area contributed by atoms with Gasteiger partial charge in [0, 0.05) is 25.1 Å². The second-order valence-electron chi connectivity index (χ2n) is 7.72. The Morgan fingerprint density at radius 3 is 2.71 bits per heavy atom. The van der Waals surface area contributed by atoms with E-state index in [2.05, 4.69) is 56.9 Å². The van der Waals surface area contributed by atoms with Crippen molar-refractivity contribution in [3.63, 3.8) is 0 Å². The average Bonchev–Trinajstić information content (AvgIpc) is 2.46. The van der Waals surface area contributed by atoms with Crippen molar-refractivity contribution in [1.29, 1.82) is 0 Å². The van der Waals surface area contributed by atoms with Crippen LogP contribution in [0.4, 0.5) is 0 Å². The molecule has 0 spiro atoms. The standard InChI is InChI=1S/C19H29NO/c1-14(21-5)13-20-11-10-19(4)16-9-7-6-8-15(16)12-17(20)18(19,2)3/h6-9,14,17H,10-13H2,1-5H3/t14-,17+,19-/m0/s1. The van der Waals surface area contributed by atoms with Gasteiger partial charge < -0.3 is 4.74 Å². The number of hydrogen-bond donors (Lipinski definition) is 0. The molecule has 21 heavy (non-hydrogen) atoms. The number of nitrogens with zero attached hydrogens (tertiary/aromatic N) is 1. The topological polar surface area (TPSA) is 12.5 Å². The summed E-state index contributed by atoms with van der Waals surface area (Å²) in [4.78, 5) is 2.67. The lowest BCUT2D eigenvalue weighted by Gasteiger charge is -2.61. The van der Waals surface area contributed by atoms with E-state index < -0.39 is 0 Å². The predicted octanol–water partition coefficient (Wildman–Crippen LogP) is 3.64. The average molecular weight is 287 g/mol. The van der Waals surface area contributed by atoms with Gasteiger partial charge in [0.15, 0.2) is 0 Å². The first kappa shape index (κ1) is 15.1. The monoisotopic (exact) mass is 287 g/mol. The van der Waals surface area contributed by atoms with E-state index in [-0.39, 0.29) is 0 Å². The molecule has 1 aliphatic carbocycles. The SMILES string of the molecule is CO[C@@H](C)CN1CC[C@@]2(C)c3ccccc3C[C@@H]1C2(C)C. The molecule has 2 heteroatoms. The van der Waals surface area contributed by atoms with Gasteiger partial charge in [-0.3, -0.25) is 4.90 Å². The number of rotatable bonds is 3. The van der Waals surface area contributed by atoms with E-state index in [0.29, 0.717) is 23.0 Å². The molecular weight excluding hydrogens is 258 g/mol. The van der Waals surface area contributed by atoms with Crippen molar-refractivity contribution >= 4 is 0 Å². The van der Waals surface area contributed by atoms with E-state index in [0.717, 1.165) is 6.54 Å². The number of likely N-dealkylation sites (tertiary alicyclic amines) is 1. The van der Waals surface area contributed by atoms with Crippen molar-refractivity contribution in [1.82, 2.24) is 4.90 Å². The highest BCUT2D eigenvalue weighted by Gasteiger charge is 2.55. The maximum atomic E-state index is 5.51. The van der Waals surface area contributed by atoms with Crippen LogP contribution in [-0.2, 0) is 16.6 Å². The largest absolute Gasteiger partial charge is 0.380 e. The molecule has 1 aliphatic heterocycles. The van der Waals surface area contributed by atoms with Crippen LogP contribution in [0.15, 0.2) is 24.3 Å². The minimum atomic E-state index is 0.291. The van der Waals surface area contributed by atoms with Crippen LogP contribution in [0.1, 0.15) is 45.2 Å². The van der Waals surface area contributed by atoms with Crippen molar-refractivity contribution in [2.75, 3.05) is 20.2 Å². The van der Waals surface area contributed by atoms with Crippen LogP contribution in [0, 0.1) is 5.41 Å². The molecule has 3 rings (SSSR count). The fourth-order valence-electron chi connectivity index (χ4n) is 4.60. The van der Waals surface area contributed by atoms with Crippen molar-refractivity contribution < 1.29 is 4.74 Å². The van der Waals surface area contributed by atoms with Crippen LogP contribution in [0.3, 0.4) is 0 Å². The number of fused-ring (bicyclic) bond motifs is 4. The predicted molar refractivity (Wildman–Crippen MR) is 87.7 cm³/mol. The van der Waals surface area contributed by atoms with E-state index in [9.17, 15) is 0 Å². The molecule has 1 aromatic rings. The number of benzene rings is 1. The summed E-state index contributed by atoms with van der Waals surface area (Å²) in [5.41, 5.74) is 3.73. The van der Waals surface area contributed by atoms with Gasteiger partial charge in [0.25, 0.3) is 0 Å². The second-order valence-corrected chi connectivity index (χ2v) is 7.72. The molecule has 1 heterocycles. The van der Waals surface area contributed by atoms with Crippen LogP contribution < -0.4 is 0 Å². The Kier molecular flexibility index (Phi) is 3.66. The van der Waals surface area contributed by atoms with Gasteiger partial charge in [-0.25, -0.2) is 0 Å². The minimum absolute atomic E-state index is 0.291. The molecule has 0 unspecified atom stereocenters. The van der Waals surface area contributed by atoms with Gasteiger partial charge in [-0.2, -0.15) is 0 Å². The summed E-state index contributed by atoms with van der Waals surface area (Å²) in [6.07, 6.45) is 2.72. The Bertz CT molecular complexity index is 524. The first-order valence-corrected chi connectivity index (χ1v) is 8.25. The zero-order chi connectivity index (χ0) is 15.3. The Morgan fingerprint density at radius 2 is 2.00 bits per heavy atom. The van der Waals surface area contributed by atoms with Crippen LogP contribution in [0.5, 0.6) is 0 Å². The summed E-state index contributed by atoms with van der Waals surface area (Å²) in [5.74, 6) is 0. The molecule has 1 aromatic carbocycles. The van der Waals surface area contributed by atoms with E-state index in [1.807, 2.05) is 7.11 Å². The van der Waals surface area contributed by atoms with Gasteiger partial charge in [-0.15, -0.1) is 0 Å². The second kappa shape index (κ2) is 5.10. The van der Waals surface area contributed by atoms with E-state index in [1.54, 1.807) is 11.1 Å². The minimum Gasteiger partial charge on any atom is -0.380 e. The molecule has 3 atom stereocenters. The van der Waals surface area contributed by atoms with Crippen LogP contribution in [-0.4, -0.2) is 37.2 Å². The molecule has 2 nitrogen and oxygen atoms in total. The summed E-state index contributed by atoms with van der Waals surface area (Å²) < 4.78 is 5.51. The highest BCUT2D eigenvalue weighted by atomic mass is 16.5. The number of ether oxygens (including phenoxy) is 1. The van der Waals surface area contributed by atoms with Gasteiger partial charge in [-0.1, -0.05) is 45.0 Å². The summed E-state index contributed by atoms with van der Waals surface area (Å²) in [7, 11) is 1.82. The third-order valence-electron chi connectivity index (χ3n) is 6.51. The lowest BCUT2D eigenvalue weighted by Crippen LogP contribution is -2.64. The Balaban J connectivity index is 1.99. The number of methoxy groups -OCH3 is 1. The number of hydrogen-bond acceptors (Lipinski definition) is 2. The van der Waals surface area contributed by atoms with Crippen molar-refractivity contribution in [3.05, 3.63) is 35.4 Å².